The van der Waals surface area contributed by atoms with E-state index in [1.807, 2.05) is 12.1 Å². The van der Waals surface area contributed by atoms with Crippen molar-refractivity contribution < 1.29 is 0 Å². The van der Waals surface area contributed by atoms with Crippen LogP contribution < -0.4 is 5.73 Å². The normalized spacial score (nSPS) is 12.9. The first-order chi connectivity index (χ1) is 6.65. The van der Waals surface area contributed by atoms with Gasteiger partial charge in [-0.2, -0.15) is 0 Å². The van der Waals surface area contributed by atoms with Gasteiger partial charge in [0.25, 0.3) is 0 Å². The third kappa shape index (κ3) is 3.37. The van der Waals surface area contributed by atoms with Crippen molar-refractivity contribution in [3.63, 3.8) is 0 Å². The number of unbranched alkanes of at least 4 members (excludes halogenated alkanes) is 1. The number of halogens is 2. The van der Waals surface area contributed by atoms with Crippen LogP contribution in [0.5, 0.6) is 0 Å². The highest BCUT2D eigenvalue weighted by Gasteiger charge is 2.09. The number of hydrogen-bond acceptors (Lipinski definition) is 1. The first kappa shape index (κ1) is 12.2. The van der Waals surface area contributed by atoms with Crippen molar-refractivity contribution in [1.29, 1.82) is 0 Å². The summed E-state index contributed by atoms with van der Waals surface area (Å²) in [7, 11) is 0. The van der Waals surface area contributed by atoms with Crippen molar-refractivity contribution in [2.75, 3.05) is 0 Å². The Morgan fingerprint density at radius 1 is 1.36 bits per heavy atom. The molecule has 0 aliphatic rings. The molecule has 0 bridgehead atoms. The van der Waals surface area contributed by atoms with E-state index in [9.17, 15) is 0 Å². The summed E-state index contributed by atoms with van der Waals surface area (Å²) in [5.41, 5.74) is 7.28. The van der Waals surface area contributed by atoms with Gasteiger partial charge >= 0.3 is 0 Å². The largest absolute Gasteiger partial charge is 0.324 e. The molecule has 0 spiro atoms. The van der Waals surface area contributed by atoms with E-state index < -0.39 is 0 Å². The van der Waals surface area contributed by atoms with E-state index in [-0.39, 0.29) is 6.04 Å². The minimum absolute atomic E-state index is 0.150. The Morgan fingerprint density at radius 3 is 2.64 bits per heavy atom. The number of hydrogen-bond donors (Lipinski definition) is 1. The van der Waals surface area contributed by atoms with Crippen LogP contribution in [0.15, 0.2) is 27.1 Å². The van der Waals surface area contributed by atoms with Gasteiger partial charge in [-0.3, -0.25) is 0 Å². The molecule has 0 aliphatic heterocycles. The monoisotopic (exact) mass is 319 g/mol. The number of nitrogens with two attached hydrogens (primary N) is 1. The van der Waals surface area contributed by atoms with E-state index in [1.54, 1.807) is 0 Å². The fourth-order valence-corrected chi connectivity index (χ4v) is 2.72. The standard InChI is InChI=1S/C11H15Br2N/c1-2-3-4-11(14)9-6-5-8(12)7-10(9)13/h5-7,11H,2-4,14H2,1H3. The molecule has 1 aromatic carbocycles. The molecule has 0 aliphatic carbocycles. The maximum Gasteiger partial charge on any atom is 0.0306 e. The summed E-state index contributed by atoms with van der Waals surface area (Å²) in [5.74, 6) is 0. The lowest BCUT2D eigenvalue weighted by molar-refractivity contribution is 0.601. The zero-order chi connectivity index (χ0) is 10.6. The Bertz CT molecular complexity index is 299. The van der Waals surface area contributed by atoms with Crippen molar-refractivity contribution >= 4 is 31.9 Å². The fourth-order valence-electron chi connectivity index (χ4n) is 1.38. The molecule has 2 N–H and O–H groups in total. The second-order valence-corrected chi connectivity index (χ2v) is 5.18. The van der Waals surface area contributed by atoms with E-state index in [2.05, 4.69) is 44.8 Å². The summed E-state index contributed by atoms with van der Waals surface area (Å²) in [6.07, 6.45) is 3.43. The molecular formula is C11H15Br2N. The van der Waals surface area contributed by atoms with Crippen LogP contribution in [0.2, 0.25) is 0 Å². The van der Waals surface area contributed by atoms with Crippen molar-refractivity contribution in [2.24, 2.45) is 5.73 Å². The molecule has 0 saturated heterocycles. The fraction of sp³-hybridized carbons (Fsp3) is 0.455. The zero-order valence-electron chi connectivity index (χ0n) is 8.26. The summed E-state index contributed by atoms with van der Waals surface area (Å²) in [5, 5.41) is 0. The Balaban J connectivity index is 2.74. The maximum absolute atomic E-state index is 6.09. The minimum atomic E-state index is 0.150. The minimum Gasteiger partial charge on any atom is -0.324 e. The van der Waals surface area contributed by atoms with Gasteiger partial charge in [0.05, 0.1) is 0 Å². The van der Waals surface area contributed by atoms with Gasteiger partial charge in [0.1, 0.15) is 0 Å². The Kier molecular flexibility index (Phi) is 5.13. The van der Waals surface area contributed by atoms with Crippen molar-refractivity contribution in [2.45, 2.75) is 32.2 Å². The highest BCUT2D eigenvalue weighted by atomic mass is 79.9. The van der Waals surface area contributed by atoms with Crippen LogP contribution in [0, 0.1) is 0 Å². The second-order valence-electron chi connectivity index (χ2n) is 3.41. The third-order valence-corrected chi connectivity index (χ3v) is 3.41. The third-order valence-electron chi connectivity index (χ3n) is 2.23. The average molecular weight is 321 g/mol. The van der Waals surface area contributed by atoms with Gasteiger partial charge in [-0.05, 0) is 24.1 Å². The summed E-state index contributed by atoms with van der Waals surface area (Å²) in [6.45, 7) is 2.18. The molecule has 3 heteroatoms. The second kappa shape index (κ2) is 5.89. The number of rotatable bonds is 4. The van der Waals surface area contributed by atoms with Gasteiger partial charge in [0, 0.05) is 15.0 Å². The molecule has 1 aromatic rings. The van der Waals surface area contributed by atoms with Gasteiger partial charge in [0.2, 0.25) is 0 Å². The van der Waals surface area contributed by atoms with Gasteiger partial charge in [-0.15, -0.1) is 0 Å². The Labute approximate surface area is 102 Å². The van der Waals surface area contributed by atoms with Gasteiger partial charge < -0.3 is 5.73 Å². The SMILES string of the molecule is CCCCC(N)c1ccc(Br)cc1Br. The van der Waals surface area contributed by atoms with Crippen LogP contribution in [0.3, 0.4) is 0 Å². The van der Waals surface area contributed by atoms with Crippen molar-refractivity contribution in [3.05, 3.63) is 32.7 Å². The summed E-state index contributed by atoms with van der Waals surface area (Å²) >= 11 is 6.96. The molecule has 1 rings (SSSR count). The topological polar surface area (TPSA) is 26.0 Å². The van der Waals surface area contributed by atoms with E-state index in [0.717, 1.165) is 15.4 Å². The molecule has 0 saturated carbocycles. The molecular weight excluding hydrogens is 306 g/mol. The van der Waals surface area contributed by atoms with Gasteiger partial charge in [0.15, 0.2) is 0 Å². The zero-order valence-corrected chi connectivity index (χ0v) is 11.4. The molecule has 0 aromatic heterocycles. The predicted molar refractivity (Wildman–Crippen MR) is 68.3 cm³/mol. The Morgan fingerprint density at radius 2 is 2.07 bits per heavy atom. The molecule has 0 heterocycles. The van der Waals surface area contributed by atoms with Gasteiger partial charge in [-0.1, -0.05) is 57.7 Å². The Hall–Kier alpha value is 0.140. The highest BCUT2D eigenvalue weighted by molar-refractivity contribution is 9.11. The van der Waals surface area contributed by atoms with Crippen LogP contribution in [0.25, 0.3) is 0 Å². The van der Waals surface area contributed by atoms with Crippen molar-refractivity contribution in [3.8, 4) is 0 Å². The van der Waals surface area contributed by atoms with Crippen LogP contribution in [-0.4, -0.2) is 0 Å². The van der Waals surface area contributed by atoms with Crippen LogP contribution in [0.1, 0.15) is 37.8 Å². The van der Waals surface area contributed by atoms with Crippen molar-refractivity contribution in [1.82, 2.24) is 0 Å². The summed E-state index contributed by atoms with van der Waals surface area (Å²) in [6, 6.07) is 6.30. The molecule has 0 radical (unpaired) electrons. The van der Waals surface area contributed by atoms with Gasteiger partial charge in [-0.25, -0.2) is 0 Å². The molecule has 78 valence electrons. The maximum atomic E-state index is 6.09. The van der Waals surface area contributed by atoms with E-state index in [0.29, 0.717) is 0 Å². The van der Waals surface area contributed by atoms with Crippen LogP contribution in [-0.2, 0) is 0 Å². The van der Waals surface area contributed by atoms with E-state index in [1.165, 1.54) is 18.4 Å². The molecule has 1 unspecified atom stereocenters. The molecule has 1 atom stereocenters. The quantitative estimate of drug-likeness (QED) is 0.874. The molecule has 14 heavy (non-hydrogen) atoms. The van der Waals surface area contributed by atoms with E-state index in [4.69, 9.17) is 5.73 Å². The average Bonchev–Trinajstić information content (AvgIpc) is 2.14. The summed E-state index contributed by atoms with van der Waals surface area (Å²) < 4.78 is 2.17. The lowest BCUT2D eigenvalue weighted by Crippen LogP contribution is -2.10. The van der Waals surface area contributed by atoms with Crippen LogP contribution in [0.4, 0.5) is 0 Å². The molecule has 0 amide bonds. The highest BCUT2D eigenvalue weighted by Crippen LogP contribution is 2.28. The smallest absolute Gasteiger partial charge is 0.0306 e. The molecule has 0 fully saturated rings. The predicted octanol–water partition coefficient (Wildman–Crippen LogP) is 4.40. The first-order valence-electron chi connectivity index (χ1n) is 4.85. The number of benzene rings is 1. The summed E-state index contributed by atoms with van der Waals surface area (Å²) in [4.78, 5) is 0. The molecule has 1 nitrogen and oxygen atoms in total. The lowest BCUT2D eigenvalue weighted by atomic mass is 10.0. The lowest BCUT2D eigenvalue weighted by Gasteiger charge is -2.13. The van der Waals surface area contributed by atoms with Crippen LogP contribution >= 0.6 is 31.9 Å². The first-order valence-corrected chi connectivity index (χ1v) is 6.44. The van der Waals surface area contributed by atoms with E-state index >= 15 is 0 Å².